The molecule has 0 aliphatic rings. The Bertz CT molecular complexity index is 1340. The van der Waals surface area contributed by atoms with Gasteiger partial charge in [-0.3, -0.25) is 14.9 Å². The highest BCUT2D eigenvalue weighted by Crippen LogP contribution is 2.34. The number of aromatic nitrogens is 2. The Hall–Kier alpha value is -3.31. The molecule has 0 aliphatic carbocycles. The van der Waals surface area contributed by atoms with Gasteiger partial charge in [0.25, 0.3) is 5.56 Å². The van der Waals surface area contributed by atoms with Crippen molar-refractivity contribution in [2.75, 3.05) is 6.61 Å². The summed E-state index contributed by atoms with van der Waals surface area (Å²) in [5.74, 6) is -0.637. The summed E-state index contributed by atoms with van der Waals surface area (Å²) in [5, 5.41) is 16.1. The van der Waals surface area contributed by atoms with Gasteiger partial charge in [-0.05, 0) is 45.0 Å². The first kappa shape index (κ1) is 24.3. The standard InChI is InChI=1S/C21H18BrClN4O6/c1-4-32-21(29)11(2)33-19-13(7-15(23)9-18(19)27(30)31)10-24-26-12(3)25-17-6-5-14(22)8-16(17)20(26)28/h5-11H,4H2,1-3H3/t11-/m1/s1. The van der Waals surface area contributed by atoms with E-state index in [0.717, 1.165) is 10.7 Å². The Balaban J connectivity index is 2.12. The number of nitro groups is 1. The number of hydrogen-bond donors (Lipinski definition) is 0. The second kappa shape index (κ2) is 10.1. The van der Waals surface area contributed by atoms with Gasteiger partial charge in [-0.25, -0.2) is 9.78 Å². The van der Waals surface area contributed by atoms with Gasteiger partial charge in [-0.2, -0.15) is 9.78 Å². The Kier molecular flexibility index (Phi) is 7.44. The molecule has 10 nitrogen and oxygen atoms in total. The molecule has 172 valence electrons. The normalized spacial score (nSPS) is 12.2. The lowest BCUT2D eigenvalue weighted by atomic mass is 10.2. The van der Waals surface area contributed by atoms with Crippen LogP contribution in [-0.4, -0.2) is 39.5 Å². The quantitative estimate of drug-likeness (QED) is 0.191. The van der Waals surface area contributed by atoms with Crippen LogP contribution >= 0.6 is 27.5 Å². The number of carbonyl (C=O) groups is 1. The number of hydrogen-bond acceptors (Lipinski definition) is 8. The van der Waals surface area contributed by atoms with Crippen LogP contribution in [0.5, 0.6) is 5.75 Å². The summed E-state index contributed by atoms with van der Waals surface area (Å²) in [6.45, 7) is 4.75. The molecule has 0 unspecified atom stereocenters. The Morgan fingerprint density at radius 2 is 2.12 bits per heavy atom. The summed E-state index contributed by atoms with van der Waals surface area (Å²) >= 11 is 9.38. The topological polar surface area (TPSA) is 126 Å². The first-order valence-electron chi connectivity index (χ1n) is 9.66. The molecule has 0 spiro atoms. The van der Waals surface area contributed by atoms with Crippen LogP contribution in [-0.2, 0) is 9.53 Å². The van der Waals surface area contributed by atoms with Crippen molar-refractivity contribution in [3.8, 4) is 5.75 Å². The van der Waals surface area contributed by atoms with Crippen molar-refractivity contribution >= 4 is 56.3 Å². The first-order chi connectivity index (χ1) is 15.6. The van der Waals surface area contributed by atoms with E-state index in [1.165, 1.54) is 19.2 Å². The summed E-state index contributed by atoms with van der Waals surface area (Å²) in [7, 11) is 0. The minimum Gasteiger partial charge on any atom is -0.471 e. The molecule has 3 rings (SSSR count). The van der Waals surface area contributed by atoms with Gasteiger partial charge in [0.05, 0.1) is 28.6 Å². The number of benzene rings is 2. The first-order valence-corrected chi connectivity index (χ1v) is 10.8. The average molecular weight is 538 g/mol. The third kappa shape index (κ3) is 5.37. The molecule has 1 atom stereocenters. The van der Waals surface area contributed by atoms with Crippen LogP contribution in [0.15, 0.2) is 44.7 Å². The van der Waals surface area contributed by atoms with Crippen LogP contribution < -0.4 is 10.3 Å². The van der Waals surface area contributed by atoms with E-state index in [1.807, 2.05) is 0 Å². The maximum Gasteiger partial charge on any atom is 0.347 e. The molecule has 0 saturated carbocycles. The maximum absolute atomic E-state index is 13.0. The van der Waals surface area contributed by atoms with Crippen molar-refractivity contribution in [1.29, 1.82) is 0 Å². The van der Waals surface area contributed by atoms with E-state index in [1.54, 1.807) is 32.0 Å². The lowest BCUT2D eigenvalue weighted by Crippen LogP contribution is -2.27. The minimum atomic E-state index is -1.14. The SMILES string of the molecule is CCOC(=O)[C@@H](C)Oc1c(C=Nn2c(C)nc3ccc(Br)cc3c2=O)cc(Cl)cc1[N+](=O)[O-]. The lowest BCUT2D eigenvalue weighted by molar-refractivity contribution is -0.386. The number of nitro benzene ring substituents is 1. The van der Waals surface area contributed by atoms with Gasteiger partial charge in [0.2, 0.25) is 5.75 Å². The van der Waals surface area contributed by atoms with E-state index >= 15 is 0 Å². The Morgan fingerprint density at radius 3 is 2.79 bits per heavy atom. The Labute approximate surface area is 201 Å². The van der Waals surface area contributed by atoms with Crippen LogP contribution in [0.1, 0.15) is 25.2 Å². The van der Waals surface area contributed by atoms with E-state index in [9.17, 15) is 19.7 Å². The number of carbonyl (C=O) groups excluding carboxylic acids is 1. The van der Waals surface area contributed by atoms with Crippen LogP contribution in [0.25, 0.3) is 10.9 Å². The summed E-state index contributed by atoms with van der Waals surface area (Å²) in [6, 6.07) is 7.55. The highest BCUT2D eigenvalue weighted by atomic mass is 79.9. The van der Waals surface area contributed by atoms with Crippen molar-refractivity contribution in [3.63, 3.8) is 0 Å². The zero-order chi connectivity index (χ0) is 24.3. The number of fused-ring (bicyclic) bond motifs is 1. The van der Waals surface area contributed by atoms with Gasteiger partial charge in [-0.15, -0.1) is 0 Å². The van der Waals surface area contributed by atoms with Gasteiger partial charge in [0, 0.05) is 21.1 Å². The molecule has 0 radical (unpaired) electrons. The second-order valence-corrected chi connectivity index (χ2v) is 8.15. The highest BCUT2D eigenvalue weighted by molar-refractivity contribution is 9.10. The van der Waals surface area contributed by atoms with Gasteiger partial charge < -0.3 is 9.47 Å². The Morgan fingerprint density at radius 1 is 1.39 bits per heavy atom. The predicted octanol–water partition coefficient (Wildman–Crippen LogP) is 4.24. The van der Waals surface area contributed by atoms with Crippen LogP contribution in [0.3, 0.4) is 0 Å². The number of ether oxygens (including phenoxy) is 2. The number of esters is 1. The molecule has 0 bridgehead atoms. The van der Waals surface area contributed by atoms with E-state index in [0.29, 0.717) is 21.2 Å². The van der Waals surface area contributed by atoms with Crippen LogP contribution in [0.2, 0.25) is 5.02 Å². The van der Waals surface area contributed by atoms with E-state index in [-0.39, 0.29) is 22.9 Å². The average Bonchev–Trinajstić information content (AvgIpc) is 2.75. The third-order valence-electron chi connectivity index (χ3n) is 4.46. The molecule has 0 amide bonds. The van der Waals surface area contributed by atoms with E-state index in [2.05, 4.69) is 26.0 Å². The lowest BCUT2D eigenvalue weighted by Gasteiger charge is -2.15. The summed E-state index contributed by atoms with van der Waals surface area (Å²) in [6.07, 6.45) is 0.0486. The molecule has 0 saturated heterocycles. The number of halogens is 2. The van der Waals surface area contributed by atoms with Crippen molar-refractivity contribution in [3.05, 3.63) is 71.7 Å². The van der Waals surface area contributed by atoms with E-state index < -0.39 is 28.2 Å². The second-order valence-electron chi connectivity index (χ2n) is 6.79. The number of aryl methyl sites for hydroxylation is 1. The predicted molar refractivity (Wildman–Crippen MR) is 126 cm³/mol. The smallest absolute Gasteiger partial charge is 0.347 e. The molecular weight excluding hydrogens is 520 g/mol. The number of nitrogens with zero attached hydrogens (tertiary/aromatic N) is 4. The summed E-state index contributed by atoms with van der Waals surface area (Å²) < 4.78 is 12.2. The molecule has 33 heavy (non-hydrogen) atoms. The van der Waals surface area contributed by atoms with Gasteiger partial charge in [0.15, 0.2) is 6.10 Å². The van der Waals surface area contributed by atoms with Crippen LogP contribution in [0.4, 0.5) is 5.69 Å². The number of rotatable bonds is 7. The largest absolute Gasteiger partial charge is 0.471 e. The fourth-order valence-corrected chi connectivity index (χ4v) is 3.54. The van der Waals surface area contributed by atoms with Crippen molar-refractivity contribution in [2.45, 2.75) is 26.9 Å². The monoisotopic (exact) mass is 536 g/mol. The summed E-state index contributed by atoms with van der Waals surface area (Å²) in [5.41, 5.74) is -0.317. The van der Waals surface area contributed by atoms with E-state index in [4.69, 9.17) is 21.1 Å². The van der Waals surface area contributed by atoms with Crippen LogP contribution in [0, 0.1) is 17.0 Å². The molecule has 0 fully saturated rings. The third-order valence-corrected chi connectivity index (χ3v) is 5.17. The molecule has 2 aromatic carbocycles. The van der Waals surface area contributed by atoms with Crippen molar-refractivity contribution < 1.29 is 19.2 Å². The molecule has 1 aromatic heterocycles. The van der Waals surface area contributed by atoms with Crippen molar-refractivity contribution in [1.82, 2.24) is 9.66 Å². The zero-order valence-corrected chi connectivity index (χ0v) is 20.1. The maximum atomic E-state index is 13.0. The minimum absolute atomic E-state index is 0.0453. The molecule has 12 heteroatoms. The van der Waals surface area contributed by atoms with Crippen molar-refractivity contribution in [2.24, 2.45) is 5.10 Å². The summed E-state index contributed by atoms with van der Waals surface area (Å²) in [4.78, 5) is 40.2. The fourth-order valence-electron chi connectivity index (χ4n) is 2.96. The highest BCUT2D eigenvalue weighted by Gasteiger charge is 2.25. The van der Waals surface area contributed by atoms with Gasteiger partial charge in [-0.1, -0.05) is 27.5 Å². The molecule has 1 heterocycles. The fraction of sp³-hybridized carbons (Fsp3) is 0.238. The van der Waals surface area contributed by atoms with Gasteiger partial charge in [0.1, 0.15) is 5.82 Å². The molecule has 0 aliphatic heterocycles. The molecule has 0 N–H and O–H groups in total. The molecule has 3 aromatic rings. The van der Waals surface area contributed by atoms with Gasteiger partial charge >= 0.3 is 11.7 Å². The molecular formula is C21H18BrClN4O6. The zero-order valence-electron chi connectivity index (χ0n) is 17.7.